The van der Waals surface area contributed by atoms with Gasteiger partial charge in [0, 0.05) is 30.0 Å². The fourth-order valence-corrected chi connectivity index (χ4v) is 2.98. The summed E-state index contributed by atoms with van der Waals surface area (Å²) in [6.07, 6.45) is 3.70. The summed E-state index contributed by atoms with van der Waals surface area (Å²) in [5.41, 5.74) is 5.34. The number of H-pyrrole nitrogens is 1. The minimum Gasteiger partial charge on any atom is -0.478 e. The average Bonchev–Trinajstić information content (AvgIpc) is 3.16. The van der Waals surface area contributed by atoms with Crippen LogP contribution in [0.2, 0.25) is 0 Å². The first-order valence-corrected chi connectivity index (χ1v) is 8.29. The second-order valence-corrected chi connectivity index (χ2v) is 6.03. The number of hydrogen-bond donors (Lipinski definition) is 3. The SMILES string of the molecule is O=C(O)c1cccc(NCc2ccc(-c3ccnc4[nH]ccc34)cc2)c1. The molecule has 0 aliphatic rings. The van der Waals surface area contributed by atoms with Crippen molar-refractivity contribution in [2.24, 2.45) is 0 Å². The van der Waals surface area contributed by atoms with Gasteiger partial charge in [-0.2, -0.15) is 0 Å². The Hall–Kier alpha value is -3.60. The van der Waals surface area contributed by atoms with Gasteiger partial charge in [0.25, 0.3) is 0 Å². The average molecular weight is 343 g/mol. The van der Waals surface area contributed by atoms with Crippen LogP contribution in [0.3, 0.4) is 0 Å². The van der Waals surface area contributed by atoms with Gasteiger partial charge < -0.3 is 15.4 Å². The van der Waals surface area contributed by atoms with Gasteiger partial charge in [0.15, 0.2) is 0 Å². The Morgan fingerprint density at radius 1 is 1.08 bits per heavy atom. The molecule has 4 aromatic rings. The van der Waals surface area contributed by atoms with Crippen LogP contribution in [0.1, 0.15) is 15.9 Å². The molecule has 26 heavy (non-hydrogen) atoms. The Morgan fingerprint density at radius 2 is 1.92 bits per heavy atom. The van der Waals surface area contributed by atoms with Gasteiger partial charge in [0.2, 0.25) is 0 Å². The molecule has 2 aromatic heterocycles. The highest BCUT2D eigenvalue weighted by molar-refractivity contribution is 5.92. The largest absolute Gasteiger partial charge is 0.478 e. The Morgan fingerprint density at radius 3 is 2.73 bits per heavy atom. The van der Waals surface area contributed by atoms with Crippen molar-refractivity contribution in [2.45, 2.75) is 6.54 Å². The van der Waals surface area contributed by atoms with Crippen molar-refractivity contribution < 1.29 is 9.90 Å². The molecule has 5 heteroatoms. The van der Waals surface area contributed by atoms with E-state index in [2.05, 4.69) is 39.6 Å². The van der Waals surface area contributed by atoms with E-state index in [9.17, 15) is 4.79 Å². The zero-order valence-electron chi connectivity index (χ0n) is 13.9. The lowest BCUT2D eigenvalue weighted by Gasteiger charge is -2.09. The lowest BCUT2D eigenvalue weighted by atomic mass is 10.0. The number of nitrogens with one attached hydrogen (secondary N) is 2. The highest BCUT2D eigenvalue weighted by Crippen LogP contribution is 2.27. The molecule has 5 nitrogen and oxygen atoms in total. The maximum Gasteiger partial charge on any atom is 0.335 e. The number of benzene rings is 2. The van der Waals surface area contributed by atoms with Gasteiger partial charge >= 0.3 is 5.97 Å². The zero-order valence-corrected chi connectivity index (χ0v) is 13.9. The van der Waals surface area contributed by atoms with Crippen LogP contribution in [0.15, 0.2) is 73.1 Å². The van der Waals surface area contributed by atoms with Gasteiger partial charge in [0.05, 0.1) is 5.56 Å². The molecule has 128 valence electrons. The molecule has 0 saturated heterocycles. The van der Waals surface area contributed by atoms with Gasteiger partial charge in [-0.15, -0.1) is 0 Å². The Bertz CT molecular complexity index is 1070. The number of carboxylic acids is 1. The first kappa shape index (κ1) is 15.9. The summed E-state index contributed by atoms with van der Waals surface area (Å²) in [5, 5.41) is 13.4. The Balaban J connectivity index is 1.51. The van der Waals surface area contributed by atoms with Crippen molar-refractivity contribution in [3.8, 4) is 11.1 Å². The Labute approximate surface area is 150 Å². The predicted molar refractivity (Wildman–Crippen MR) is 102 cm³/mol. The summed E-state index contributed by atoms with van der Waals surface area (Å²) in [6, 6.07) is 19.2. The molecule has 0 amide bonds. The van der Waals surface area contributed by atoms with Gasteiger partial charge in [0.1, 0.15) is 5.65 Å². The summed E-state index contributed by atoms with van der Waals surface area (Å²) >= 11 is 0. The fraction of sp³-hybridized carbons (Fsp3) is 0.0476. The second kappa shape index (κ2) is 6.72. The van der Waals surface area contributed by atoms with Crippen LogP contribution >= 0.6 is 0 Å². The summed E-state index contributed by atoms with van der Waals surface area (Å²) in [5.74, 6) is -0.925. The monoisotopic (exact) mass is 343 g/mol. The van der Waals surface area contributed by atoms with Crippen molar-refractivity contribution in [1.29, 1.82) is 0 Å². The van der Waals surface area contributed by atoms with E-state index >= 15 is 0 Å². The number of aromatic amines is 1. The number of carboxylic acid groups (broad SMARTS) is 1. The number of anilines is 1. The highest BCUT2D eigenvalue weighted by atomic mass is 16.4. The third-order valence-electron chi connectivity index (χ3n) is 4.33. The summed E-state index contributed by atoms with van der Waals surface area (Å²) in [7, 11) is 0. The topological polar surface area (TPSA) is 78.0 Å². The van der Waals surface area contributed by atoms with Crippen LogP contribution in [0.4, 0.5) is 5.69 Å². The minimum absolute atomic E-state index is 0.276. The molecule has 2 aromatic carbocycles. The van der Waals surface area contributed by atoms with E-state index < -0.39 is 5.97 Å². The van der Waals surface area contributed by atoms with Crippen LogP contribution < -0.4 is 5.32 Å². The fourth-order valence-electron chi connectivity index (χ4n) is 2.98. The standard InChI is InChI=1S/C21H17N3O2/c25-21(26)16-2-1-3-17(12-16)24-13-14-4-6-15(7-5-14)18-8-10-22-20-19(18)9-11-23-20/h1-12,24H,13H2,(H,22,23)(H,25,26). The zero-order chi connectivity index (χ0) is 17.9. The molecule has 0 fully saturated rings. The molecule has 0 radical (unpaired) electrons. The van der Waals surface area contributed by atoms with E-state index in [0.29, 0.717) is 6.54 Å². The molecule has 0 unspecified atom stereocenters. The first-order chi connectivity index (χ1) is 12.7. The smallest absolute Gasteiger partial charge is 0.335 e. The van der Waals surface area contributed by atoms with Crippen LogP contribution in [0, 0.1) is 0 Å². The van der Waals surface area contributed by atoms with Crippen LogP contribution in [0.5, 0.6) is 0 Å². The molecular weight excluding hydrogens is 326 g/mol. The lowest BCUT2D eigenvalue weighted by Crippen LogP contribution is -2.02. The molecule has 0 atom stereocenters. The Kier molecular flexibility index (Phi) is 4.11. The second-order valence-electron chi connectivity index (χ2n) is 6.03. The predicted octanol–water partition coefficient (Wildman–Crippen LogP) is 4.54. The van der Waals surface area contributed by atoms with E-state index in [1.807, 2.05) is 24.4 Å². The lowest BCUT2D eigenvalue weighted by molar-refractivity contribution is 0.0697. The first-order valence-electron chi connectivity index (χ1n) is 8.29. The molecule has 0 aliphatic heterocycles. The molecular formula is C21H17N3O2. The van der Waals surface area contributed by atoms with Gasteiger partial charge in [-0.25, -0.2) is 9.78 Å². The molecule has 4 rings (SSSR count). The van der Waals surface area contributed by atoms with E-state index in [1.165, 1.54) is 0 Å². The normalized spacial score (nSPS) is 10.8. The van der Waals surface area contributed by atoms with E-state index in [4.69, 9.17) is 5.11 Å². The number of rotatable bonds is 5. The van der Waals surface area contributed by atoms with Crippen LogP contribution in [0.25, 0.3) is 22.2 Å². The number of hydrogen-bond acceptors (Lipinski definition) is 3. The van der Waals surface area contributed by atoms with Gasteiger partial charge in [-0.05, 0) is 47.0 Å². The van der Waals surface area contributed by atoms with Gasteiger partial charge in [-0.3, -0.25) is 0 Å². The third kappa shape index (κ3) is 3.15. The molecule has 0 spiro atoms. The summed E-state index contributed by atoms with van der Waals surface area (Å²) in [6.45, 7) is 0.624. The maximum atomic E-state index is 11.0. The molecule has 3 N–H and O–H groups in total. The minimum atomic E-state index is -0.925. The van der Waals surface area contributed by atoms with Crippen LogP contribution in [-0.2, 0) is 6.54 Å². The number of fused-ring (bicyclic) bond motifs is 1. The van der Waals surface area contributed by atoms with Crippen molar-refractivity contribution in [1.82, 2.24) is 9.97 Å². The maximum absolute atomic E-state index is 11.0. The molecule has 0 saturated carbocycles. The molecule has 0 bridgehead atoms. The number of aromatic carboxylic acids is 1. The van der Waals surface area contributed by atoms with Crippen molar-refractivity contribution >= 4 is 22.7 Å². The highest BCUT2D eigenvalue weighted by Gasteiger charge is 2.06. The van der Waals surface area contributed by atoms with Crippen molar-refractivity contribution in [3.63, 3.8) is 0 Å². The van der Waals surface area contributed by atoms with E-state index in [-0.39, 0.29) is 5.56 Å². The molecule has 0 aliphatic carbocycles. The van der Waals surface area contributed by atoms with E-state index in [1.54, 1.807) is 24.4 Å². The summed E-state index contributed by atoms with van der Waals surface area (Å²) in [4.78, 5) is 18.5. The summed E-state index contributed by atoms with van der Waals surface area (Å²) < 4.78 is 0. The van der Waals surface area contributed by atoms with Crippen LogP contribution in [-0.4, -0.2) is 21.0 Å². The molecule has 2 heterocycles. The van der Waals surface area contributed by atoms with Gasteiger partial charge in [-0.1, -0.05) is 30.3 Å². The van der Waals surface area contributed by atoms with Crippen molar-refractivity contribution in [2.75, 3.05) is 5.32 Å². The van der Waals surface area contributed by atoms with E-state index in [0.717, 1.165) is 33.4 Å². The quantitative estimate of drug-likeness (QED) is 0.497. The number of aromatic nitrogens is 2. The number of carbonyl (C=O) groups is 1. The number of pyridine rings is 1. The number of nitrogens with zero attached hydrogens (tertiary/aromatic N) is 1. The third-order valence-corrected chi connectivity index (χ3v) is 4.33. The van der Waals surface area contributed by atoms with Crippen molar-refractivity contribution in [3.05, 3.63) is 84.2 Å².